The number of nitrogens with zero attached hydrogens (tertiary/aromatic N) is 4. The summed E-state index contributed by atoms with van der Waals surface area (Å²) in [4.78, 5) is 14.6. The zero-order valence-electron chi connectivity index (χ0n) is 16.4. The Balaban J connectivity index is 1.50. The smallest absolute Gasteiger partial charge is 0.255 e. The van der Waals surface area contributed by atoms with Crippen LogP contribution in [-0.4, -0.2) is 34.8 Å². The van der Waals surface area contributed by atoms with Crippen molar-refractivity contribution in [3.63, 3.8) is 0 Å². The van der Waals surface area contributed by atoms with Crippen LogP contribution in [0.4, 0.5) is 11.4 Å². The Kier molecular flexibility index (Phi) is 5.10. The van der Waals surface area contributed by atoms with Gasteiger partial charge in [0.25, 0.3) is 5.91 Å². The van der Waals surface area contributed by atoms with Gasteiger partial charge in [0, 0.05) is 49.6 Å². The van der Waals surface area contributed by atoms with E-state index >= 15 is 0 Å². The first-order valence-electron chi connectivity index (χ1n) is 9.73. The van der Waals surface area contributed by atoms with Crippen LogP contribution < -0.4 is 10.2 Å². The monoisotopic (exact) mass is 375 g/mol. The first kappa shape index (κ1) is 18.2. The SMILES string of the molecule is CN(C)c1cccc(C(=O)Nc2ccc(-c3nnc4n3CCCCC4)cc2)c1. The lowest BCUT2D eigenvalue weighted by atomic mass is 10.1. The van der Waals surface area contributed by atoms with Gasteiger partial charge in [-0.15, -0.1) is 10.2 Å². The fourth-order valence-electron chi connectivity index (χ4n) is 3.53. The van der Waals surface area contributed by atoms with E-state index in [9.17, 15) is 4.79 Å². The molecular formula is C22H25N5O. The Labute approximate surface area is 165 Å². The van der Waals surface area contributed by atoms with Crippen molar-refractivity contribution in [2.75, 3.05) is 24.3 Å². The van der Waals surface area contributed by atoms with Gasteiger partial charge in [-0.3, -0.25) is 4.79 Å². The Morgan fingerprint density at radius 2 is 1.86 bits per heavy atom. The average Bonchev–Trinajstić information content (AvgIpc) is 2.96. The highest BCUT2D eigenvalue weighted by molar-refractivity contribution is 6.04. The van der Waals surface area contributed by atoms with E-state index in [1.807, 2.05) is 67.5 Å². The molecule has 1 aliphatic rings. The third kappa shape index (κ3) is 3.76. The van der Waals surface area contributed by atoms with Gasteiger partial charge in [0.1, 0.15) is 5.82 Å². The number of hydrogen-bond donors (Lipinski definition) is 1. The van der Waals surface area contributed by atoms with Crippen molar-refractivity contribution in [1.29, 1.82) is 0 Å². The van der Waals surface area contributed by atoms with Crippen LogP contribution >= 0.6 is 0 Å². The minimum absolute atomic E-state index is 0.118. The van der Waals surface area contributed by atoms with Gasteiger partial charge in [-0.2, -0.15) is 0 Å². The zero-order valence-corrected chi connectivity index (χ0v) is 16.4. The van der Waals surface area contributed by atoms with Crippen LogP contribution in [0.3, 0.4) is 0 Å². The summed E-state index contributed by atoms with van der Waals surface area (Å²) in [5.74, 6) is 1.87. The van der Waals surface area contributed by atoms with Crippen molar-refractivity contribution in [1.82, 2.24) is 14.8 Å². The van der Waals surface area contributed by atoms with Crippen LogP contribution in [0.1, 0.15) is 35.4 Å². The molecule has 3 aromatic rings. The number of rotatable bonds is 4. The quantitative estimate of drug-likeness (QED) is 0.749. The molecule has 0 fully saturated rings. The van der Waals surface area contributed by atoms with Gasteiger partial charge < -0.3 is 14.8 Å². The molecule has 2 aromatic carbocycles. The molecule has 28 heavy (non-hydrogen) atoms. The van der Waals surface area contributed by atoms with Gasteiger partial charge in [-0.1, -0.05) is 12.5 Å². The second-order valence-electron chi connectivity index (χ2n) is 7.38. The fraction of sp³-hybridized carbons (Fsp3) is 0.318. The number of anilines is 2. The second kappa shape index (κ2) is 7.84. The van der Waals surface area contributed by atoms with Crippen LogP contribution in [0, 0.1) is 0 Å². The number of hydrogen-bond acceptors (Lipinski definition) is 4. The van der Waals surface area contributed by atoms with E-state index in [0.717, 1.165) is 48.0 Å². The Hall–Kier alpha value is -3.15. The molecule has 0 spiro atoms. The molecule has 0 atom stereocenters. The predicted octanol–water partition coefficient (Wildman–Crippen LogP) is 3.99. The largest absolute Gasteiger partial charge is 0.378 e. The summed E-state index contributed by atoms with van der Waals surface area (Å²) in [7, 11) is 3.92. The van der Waals surface area contributed by atoms with Crippen LogP contribution in [-0.2, 0) is 13.0 Å². The number of fused-ring (bicyclic) bond motifs is 1. The van der Waals surface area contributed by atoms with Crippen molar-refractivity contribution in [2.24, 2.45) is 0 Å². The van der Waals surface area contributed by atoms with Gasteiger partial charge >= 0.3 is 0 Å². The molecule has 0 bridgehead atoms. The Morgan fingerprint density at radius 3 is 2.64 bits per heavy atom. The van der Waals surface area contributed by atoms with E-state index < -0.39 is 0 Å². The molecule has 0 saturated carbocycles. The van der Waals surface area contributed by atoms with E-state index in [-0.39, 0.29) is 5.91 Å². The number of amides is 1. The minimum atomic E-state index is -0.118. The molecule has 1 amide bonds. The normalized spacial score (nSPS) is 13.5. The topological polar surface area (TPSA) is 63.1 Å². The molecule has 6 heteroatoms. The lowest BCUT2D eigenvalue weighted by molar-refractivity contribution is 0.102. The number of carbonyl (C=O) groups is 1. The molecular weight excluding hydrogens is 350 g/mol. The third-order valence-electron chi connectivity index (χ3n) is 5.14. The van der Waals surface area contributed by atoms with Crippen LogP contribution in [0.15, 0.2) is 48.5 Å². The molecule has 2 heterocycles. The summed E-state index contributed by atoms with van der Waals surface area (Å²) in [5, 5.41) is 11.7. The highest BCUT2D eigenvalue weighted by Gasteiger charge is 2.16. The maximum Gasteiger partial charge on any atom is 0.255 e. The molecule has 1 N–H and O–H groups in total. The summed E-state index contributed by atoms with van der Waals surface area (Å²) in [5.41, 5.74) is 3.42. The molecule has 6 nitrogen and oxygen atoms in total. The van der Waals surface area contributed by atoms with Gasteiger partial charge in [-0.25, -0.2) is 0 Å². The first-order chi connectivity index (χ1) is 13.6. The Morgan fingerprint density at radius 1 is 1.04 bits per heavy atom. The Bertz CT molecular complexity index is 975. The van der Waals surface area contributed by atoms with Crippen molar-refractivity contribution in [2.45, 2.75) is 32.2 Å². The van der Waals surface area contributed by atoms with Crippen molar-refractivity contribution in [3.05, 3.63) is 59.9 Å². The van der Waals surface area contributed by atoms with Gasteiger partial charge in [0.05, 0.1) is 0 Å². The molecule has 0 unspecified atom stereocenters. The van der Waals surface area contributed by atoms with Crippen LogP contribution in [0.25, 0.3) is 11.4 Å². The fourth-order valence-corrected chi connectivity index (χ4v) is 3.53. The highest BCUT2D eigenvalue weighted by atomic mass is 16.1. The average molecular weight is 375 g/mol. The van der Waals surface area contributed by atoms with E-state index in [1.54, 1.807) is 0 Å². The van der Waals surface area contributed by atoms with E-state index in [2.05, 4.69) is 20.1 Å². The number of aryl methyl sites for hydroxylation is 1. The molecule has 0 aliphatic carbocycles. The summed E-state index contributed by atoms with van der Waals surface area (Å²) >= 11 is 0. The van der Waals surface area contributed by atoms with E-state index in [4.69, 9.17) is 0 Å². The van der Waals surface area contributed by atoms with Gasteiger partial charge in [0.15, 0.2) is 5.82 Å². The second-order valence-corrected chi connectivity index (χ2v) is 7.38. The van der Waals surface area contributed by atoms with Crippen molar-refractivity contribution < 1.29 is 4.79 Å². The lowest BCUT2D eigenvalue weighted by Crippen LogP contribution is -2.14. The molecule has 0 saturated heterocycles. The molecule has 1 aliphatic heterocycles. The van der Waals surface area contributed by atoms with Crippen LogP contribution in [0.2, 0.25) is 0 Å². The number of carbonyl (C=O) groups excluding carboxylic acids is 1. The summed E-state index contributed by atoms with van der Waals surface area (Å²) in [6, 6.07) is 15.4. The molecule has 4 rings (SSSR count). The van der Waals surface area contributed by atoms with E-state index in [1.165, 1.54) is 12.8 Å². The summed E-state index contributed by atoms with van der Waals surface area (Å²) in [6.45, 7) is 0.971. The van der Waals surface area contributed by atoms with Gasteiger partial charge in [0.2, 0.25) is 0 Å². The number of aromatic nitrogens is 3. The van der Waals surface area contributed by atoms with Crippen molar-refractivity contribution >= 4 is 17.3 Å². The number of nitrogens with one attached hydrogen (secondary N) is 1. The van der Waals surface area contributed by atoms with Crippen LogP contribution in [0.5, 0.6) is 0 Å². The molecule has 0 radical (unpaired) electrons. The minimum Gasteiger partial charge on any atom is -0.378 e. The summed E-state index contributed by atoms with van der Waals surface area (Å²) < 4.78 is 2.23. The zero-order chi connectivity index (χ0) is 19.5. The highest BCUT2D eigenvalue weighted by Crippen LogP contribution is 2.24. The number of benzene rings is 2. The maximum atomic E-state index is 12.6. The standard InChI is InChI=1S/C22H25N5O/c1-26(2)19-8-6-7-17(15-19)22(28)23-18-12-10-16(11-13-18)21-25-24-20-9-4-3-5-14-27(20)21/h6-8,10-13,15H,3-5,9,14H2,1-2H3,(H,23,28). The lowest BCUT2D eigenvalue weighted by Gasteiger charge is -2.13. The van der Waals surface area contributed by atoms with Gasteiger partial charge in [-0.05, 0) is 55.3 Å². The van der Waals surface area contributed by atoms with E-state index in [0.29, 0.717) is 5.56 Å². The molecule has 144 valence electrons. The maximum absolute atomic E-state index is 12.6. The predicted molar refractivity (Wildman–Crippen MR) is 112 cm³/mol. The first-order valence-corrected chi connectivity index (χ1v) is 9.73. The summed E-state index contributed by atoms with van der Waals surface area (Å²) in [6.07, 6.45) is 4.58. The van der Waals surface area contributed by atoms with Crippen molar-refractivity contribution in [3.8, 4) is 11.4 Å². The molecule has 1 aromatic heterocycles. The third-order valence-corrected chi connectivity index (χ3v) is 5.14.